The third-order valence-corrected chi connectivity index (χ3v) is 6.89. The summed E-state index contributed by atoms with van der Waals surface area (Å²) in [4.78, 5) is 20.4. The third-order valence-electron chi connectivity index (χ3n) is 4.75. The largest absolute Gasteiger partial charge is 0.421 e. The second-order valence-electron chi connectivity index (χ2n) is 7.46. The fraction of sp³-hybridized carbons (Fsp3) is 0.286. The summed E-state index contributed by atoms with van der Waals surface area (Å²) < 4.78 is 60.4. The quantitative estimate of drug-likeness (QED) is 0.555. The summed E-state index contributed by atoms with van der Waals surface area (Å²) in [6.07, 6.45) is 1.53. The van der Waals surface area contributed by atoms with Crippen molar-refractivity contribution < 1.29 is 21.9 Å². The van der Waals surface area contributed by atoms with Gasteiger partial charge in [-0.05, 0) is 39.0 Å². The Morgan fingerprint density at radius 2 is 1.81 bits per heavy atom. The molecule has 0 aliphatic rings. The van der Waals surface area contributed by atoms with Gasteiger partial charge >= 0.3 is 6.01 Å². The molecule has 0 atom stereocenters. The minimum atomic E-state index is -3.75. The normalized spacial score (nSPS) is 11.6. The zero-order valence-corrected chi connectivity index (χ0v) is 18.9. The molecule has 0 saturated heterocycles. The molecule has 0 radical (unpaired) electrons. The van der Waals surface area contributed by atoms with Crippen molar-refractivity contribution in [3.63, 3.8) is 0 Å². The lowest BCUT2D eigenvalue weighted by molar-refractivity contribution is 0.409. The second-order valence-corrected chi connectivity index (χ2v) is 9.98. The number of nitrogens with zero attached hydrogens (tertiary/aromatic N) is 4. The van der Waals surface area contributed by atoms with Gasteiger partial charge in [0.1, 0.15) is 11.6 Å². The first-order valence-electron chi connectivity index (χ1n) is 9.57. The minimum Gasteiger partial charge on any atom is -0.421 e. The molecule has 11 heteroatoms. The molecule has 3 aromatic rings. The van der Waals surface area contributed by atoms with Crippen molar-refractivity contribution in [1.82, 2.24) is 14.5 Å². The first-order valence-corrected chi connectivity index (χ1v) is 11.1. The molecule has 0 bridgehead atoms. The Kier molecular flexibility index (Phi) is 6.31. The summed E-state index contributed by atoms with van der Waals surface area (Å²) in [5.74, 6) is -2.11. The Hall–Kier alpha value is -3.34. The van der Waals surface area contributed by atoms with Gasteiger partial charge in [0.2, 0.25) is 10.0 Å². The topological polar surface area (TPSA) is 94.4 Å². The molecule has 0 N–H and O–H groups in total. The predicted octanol–water partition coefficient (Wildman–Crippen LogP) is 3.40. The van der Waals surface area contributed by atoms with Crippen LogP contribution in [0.5, 0.6) is 11.8 Å². The predicted molar refractivity (Wildman–Crippen MR) is 116 cm³/mol. The van der Waals surface area contributed by atoms with E-state index in [1.54, 1.807) is 20.0 Å². The van der Waals surface area contributed by atoms with Crippen LogP contribution in [0.25, 0.3) is 11.3 Å². The van der Waals surface area contributed by atoms with Gasteiger partial charge in [0.25, 0.3) is 5.56 Å². The lowest BCUT2D eigenvalue weighted by Crippen LogP contribution is -2.33. The molecule has 170 valence electrons. The minimum absolute atomic E-state index is 0.0206. The number of ether oxygens (including phenoxy) is 1. The lowest BCUT2D eigenvalue weighted by atomic mass is 10.1. The van der Waals surface area contributed by atoms with Crippen LogP contribution in [-0.4, -0.2) is 35.3 Å². The zero-order chi connectivity index (χ0) is 23.8. The van der Waals surface area contributed by atoms with Gasteiger partial charge in [-0.25, -0.2) is 17.2 Å². The Morgan fingerprint density at radius 3 is 2.41 bits per heavy atom. The van der Waals surface area contributed by atoms with Gasteiger partial charge in [0.15, 0.2) is 11.6 Å². The zero-order valence-electron chi connectivity index (χ0n) is 18.1. The van der Waals surface area contributed by atoms with Crippen LogP contribution in [0, 0.1) is 18.6 Å². The number of halogens is 2. The lowest BCUT2D eigenvalue weighted by Gasteiger charge is -2.21. The number of rotatable bonds is 6. The van der Waals surface area contributed by atoms with E-state index >= 15 is 0 Å². The first kappa shape index (κ1) is 23.3. The Labute approximate surface area is 184 Å². The van der Waals surface area contributed by atoms with E-state index in [-0.39, 0.29) is 28.8 Å². The molecule has 3 rings (SSSR count). The van der Waals surface area contributed by atoms with Gasteiger partial charge in [-0.2, -0.15) is 9.97 Å². The van der Waals surface area contributed by atoms with E-state index in [1.165, 1.54) is 37.7 Å². The molecule has 0 aliphatic heterocycles. The highest BCUT2D eigenvalue weighted by Gasteiger charge is 2.25. The molecule has 0 unspecified atom stereocenters. The highest BCUT2D eigenvalue weighted by Crippen LogP contribution is 2.29. The van der Waals surface area contributed by atoms with Crippen LogP contribution in [0.1, 0.15) is 19.4 Å². The van der Waals surface area contributed by atoms with Crippen molar-refractivity contribution in [2.45, 2.75) is 26.0 Å². The van der Waals surface area contributed by atoms with E-state index in [0.29, 0.717) is 17.2 Å². The fourth-order valence-corrected chi connectivity index (χ4v) is 3.88. The molecule has 0 spiro atoms. The van der Waals surface area contributed by atoms with E-state index in [4.69, 9.17) is 4.74 Å². The number of sulfonamides is 1. The van der Waals surface area contributed by atoms with Crippen LogP contribution >= 0.6 is 0 Å². The maximum absolute atomic E-state index is 14.1. The van der Waals surface area contributed by atoms with Crippen molar-refractivity contribution in [3.05, 3.63) is 64.1 Å². The van der Waals surface area contributed by atoms with Crippen molar-refractivity contribution >= 4 is 15.8 Å². The van der Waals surface area contributed by atoms with E-state index in [2.05, 4.69) is 9.97 Å². The van der Waals surface area contributed by atoms with Crippen molar-refractivity contribution in [3.8, 4) is 23.0 Å². The summed E-state index contributed by atoms with van der Waals surface area (Å²) in [6.45, 7) is 4.68. The maximum atomic E-state index is 14.1. The first-order chi connectivity index (χ1) is 14.9. The number of benzene rings is 1. The van der Waals surface area contributed by atoms with Crippen LogP contribution in [0.2, 0.25) is 0 Å². The van der Waals surface area contributed by atoms with Crippen LogP contribution in [-0.2, 0) is 17.1 Å². The molecule has 2 heterocycles. The monoisotopic (exact) mass is 464 g/mol. The van der Waals surface area contributed by atoms with Crippen molar-refractivity contribution in [2.75, 3.05) is 11.4 Å². The molecule has 0 fully saturated rings. The molecule has 1 aromatic carbocycles. The Morgan fingerprint density at radius 1 is 1.12 bits per heavy atom. The molecule has 0 aliphatic carbocycles. The van der Waals surface area contributed by atoms with E-state index in [0.717, 1.165) is 16.4 Å². The Bertz CT molecular complexity index is 1310. The van der Waals surface area contributed by atoms with Gasteiger partial charge in [0.05, 0.1) is 10.9 Å². The van der Waals surface area contributed by atoms with E-state index < -0.39 is 26.9 Å². The molecular weight excluding hydrogens is 442 g/mol. The van der Waals surface area contributed by atoms with E-state index in [9.17, 15) is 22.0 Å². The molecule has 0 amide bonds. The van der Waals surface area contributed by atoms with Gasteiger partial charge in [-0.3, -0.25) is 9.10 Å². The number of aryl methyl sites for hydroxylation is 2. The number of anilines is 1. The van der Waals surface area contributed by atoms with Crippen molar-refractivity contribution in [1.29, 1.82) is 0 Å². The number of hydrogen-bond donors (Lipinski definition) is 0. The molecule has 8 nitrogen and oxygen atoms in total. The summed E-state index contributed by atoms with van der Waals surface area (Å²) in [5, 5.41) is -0.732. The van der Waals surface area contributed by atoms with Crippen LogP contribution in [0.3, 0.4) is 0 Å². The smallest absolute Gasteiger partial charge is 0.324 e. The highest BCUT2D eigenvalue weighted by atomic mass is 32.2. The second kappa shape index (κ2) is 8.65. The van der Waals surface area contributed by atoms with Crippen molar-refractivity contribution in [2.24, 2.45) is 7.05 Å². The summed E-state index contributed by atoms with van der Waals surface area (Å²) >= 11 is 0. The van der Waals surface area contributed by atoms with Gasteiger partial charge in [0, 0.05) is 43.6 Å². The standard InChI is InChI=1S/C21H22F2N4O4S/c1-12(2)32(29,30)27(5)19-10-17(14-8-13(3)20(28)26(4)11-14)24-21(25-19)31-18-7-6-15(22)9-16(18)23/h6-12H,1-5H3. The van der Waals surface area contributed by atoms with Crippen LogP contribution < -0.4 is 14.6 Å². The summed E-state index contributed by atoms with van der Waals surface area (Å²) in [7, 11) is -0.847. The highest BCUT2D eigenvalue weighted by molar-refractivity contribution is 7.93. The van der Waals surface area contributed by atoms with Gasteiger partial charge < -0.3 is 9.30 Å². The van der Waals surface area contributed by atoms with Crippen LogP contribution in [0.4, 0.5) is 14.6 Å². The summed E-state index contributed by atoms with van der Waals surface area (Å²) in [6, 6.07) is 5.40. The summed E-state index contributed by atoms with van der Waals surface area (Å²) in [5.41, 5.74) is 0.984. The SMILES string of the molecule is Cc1cc(-c2cc(N(C)S(=O)(=O)C(C)C)nc(Oc3ccc(F)cc3F)n2)cn(C)c1=O. The average Bonchev–Trinajstić information content (AvgIpc) is 2.72. The number of hydrogen-bond acceptors (Lipinski definition) is 6. The molecule has 32 heavy (non-hydrogen) atoms. The third kappa shape index (κ3) is 4.62. The van der Waals surface area contributed by atoms with E-state index in [1.807, 2.05) is 0 Å². The number of aromatic nitrogens is 3. The number of pyridine rings is 1. The fourth-order valence-electron chi connectivity index (χ4n) is 2.89. The molecule has 2 aromatic heterocycles. The van der Waals surface area contributed by atoms with Gasteiger partial charge in [-0.15, -0.1) is 0 Å². The Balaban J connectivity index is 2.18. The molecular formula is C21H22F2N4O4S. The van der Waals surface area contributed by atoms with Crippen LogP contribution in [0.15, 0.2) is 41.3 Å². The maximum Gasteiger partial charge on any atom is 0.324 e. The molecule has 0 saturated carbocycles. The average molecular weight is 464 g/mol. The van der Waals surface area contributed by atoms with Gasteiger partial charge in [-0.1, -0.05) is 0 Å².